The van der Waals surface area contributed by atoms with E-state index in [0.717, 1.165) is 0 Å². The number of nitrogen functional groups attached to an aromatic ring is 1. The first-order valence-electron chi connectivity index (χ1n) is 5.31. The Morgan fingerprint density at radius 1 is 1.50 bits per heavy atom. The number of rotatable bonds is 4. The maximum Gasteiger partial charge on any atom is 0.338 e. The zero-order chi connectivity index (χ0) is 11.5. The van der Waals surface area contributed by atoms with Crippen LogP contribution in [0.3, 0.4) is 0 Å². The van der Waals surface area contributed by atoms with Gasteiger partial charge in [-0.25, -0.2) is 4.79 Å². The van der Waals surface area contributed by atoms with Gasteiger partial charge in [-0.15, -0.1) is 0 Å². The molecular weight excluding hydrogens is 206 g/mol. The maximum atomic E-state index is 11.6. The summed E-state index contributed by atoms with van der Waals surface area (Å²) in [5, 5.41) is 0. The number of benzene rings is 1. The van der Waals surface area contributed by atoms with Crippen molar-refractivity contribution in [2.24, 2.45) is 5.92 Å². The minimum Gasteiger partial charge on any atom is -0.495 e. The van der Waals surface area contributed by atoms with Gasteiger partial charge in [0.25, 0.3) is 0 Å². The maximum absolute atomic E-state index is 11.6. The molecule has 2 N–H and O–H groups in total. The van der Waals surface area contributed by atoms with E-state index in [2.05, 4.69) is 0 Å². The zero-order valence-corrected chi connectivity index (χ0v) is 9.23. The van der Waals surface area contributed by atoms with Crippen LogP contribution >= 0.6 is 0 Å². The van der Waals surface area contributed by atoms with Crippen molar-refractivity contribution in [1.29, 1.82) is 0 Å². The number of esters is 1. The van der Waals surface area contributed by atoms with Crippen LogP contribution in [0.5, 0.6) is 5.75 Å². The minimum absolute atomic E-state index is 0.315. The predicted octanol–water partition coefficient (Wildman–Crippen LogP) is 1.84. The number of nitrogens with two attached hydrogens (primary N) is 1. The van der Waals surface area contributed by atoms with E-state index in [1.54, 1.807) is 18.2 Å². The van der Waals surface area contributed by atoms with Gasteiger partial charge in [0.15, 0.2) is 0 Å². The van der Waals surface area contributed by atoms with Crippen LogP contribution in [0.25, 0.3) is 0 Å². The second-order valence-corrected chi connectivity index (χ2v) is 4.00. The van der Waals surface area contributed by atoms with E-state index in [0.29, 0.717) is 29.5 Å². The molecule has 0 spiro atoms. The smallest absolute Gasteiger partial charge is 0.338 e. The summed E-state index contributed by atoms with van der Waals surface area (Å²) in [7, 11) is 1.52. The van der Waals surface area contributed by atoms with Crippen molar-refractivity contribution in [2.75, 3.05) is 19.5 Å². The lowest BCUT2D eigenvalue weighted by Gasteiger charge is -2.07. The lowest BCUT2D eigenvalue weighted by atomic mass is 10.2. The first-order chi connectivity index (χ1) is 7.70. The van der Waals surface area contributed by atoms with Gasteiger partial charge in [-0.3, -0.25) is 0 Å². The third-order valence-electron chi connectivity index (χ3n) is 2.62. The molecule has 1 fully saturated rings. The van der Waals surface area contributed by atoms with Crippen LogP contribution in [0.1, 0.15) is 23.2 Å². The molecule has 0 saturated heterocycles. The molecule has 0 aliphatic heterocycles. The van der Waals surface area contributed by atoms with E-state index in [1.807, 2.05) is 0 Å². The fraction of sp³-hybridized carbons (Fsp3) is 0.417. The summed E-state index contributed by atoms with van der Waals surface area (Å²) in [6, 6.07) is 4.89. The molecule has 4 heteroatoms. The second kappa shape index (κ2) is 4.43. The van der Waals surface area contributed by atoms with Gasteiger partial charge in [0.2, 0.25) is 0 Å². The monoisotopic (exact) mass is 221 g/mol. The average molecular weight is 221 g/mol. The van der Waals surface area contributed by atoms with Gasteiger partial charge in [0.05, 0.1) is 25.0 Å². The Morgan fingerprint density at radius 2 is 2.25 bits per heavy atom. The molecule has 1 aliphatic rings. The number of anilines is 1. The summed E-state index contributed by atoms with van der Waals surface area (Å²) in [6.07, 6.45) is 2.33. The van der Waals surface area contributed by atoms with E-state index >= 15 is 0 Å². The fourth-order valence-corrected chi connectivity index (χ4v) is 1.40. The van der Waals surface area contributed by atoms with Crippen LogP contribution in [0.2, 0.25) is 0 Å². The summed E-state index contributed by atoms with van der Waals surface area (Å²) in [6.45, 7) is 0.519. The van der Waals surface area contributed by atoms with Crippen LogP contribution in [0.4, 0.5) is 5.69 Å². The van der Waals surface area contributed by atoms with Crippen LogP contribution in [0.15, 0.2) is 18.2 Å². The van der Waals surface area contributed by atoms with Crippen LogP contribution in [-0.4, -0.2) is 19.7 Å². The normalized spacial score (nSPS) is 14.6. The van der Waals surface area contributed by atoms with E-state index in [4.69, 9.17) is 15.2 Å². The lowest BCUT2D eigenvalue weighted by molar-refractivity contribution is 0.0486. The van der Waals surface area contributed by atoms with Gasteiger partial charge in [-0.05, 0) is 37.0 Å². The van der Waals surface area contributed by atoms with Crippen molar-refractivity contribution in [2.45, 2.75) is 12.8 Å². The van der Waals surface area contributed by atoms with Gasteiger partial charge in [0.1, 0.15) is 5.75 Å². The van der Waals surface area contributed by atoms with Gasteiger partial charge in [-0.1, -0.05) is 0 Å². The molecule has 86 valence electrons. The number of hydrogen-bond donors (Lipinski definition) is 1. The molecule has 1 aliphatic carbocycles. The quantitative estimate of drug-likeness (QED) is 0.622. The van der Waals surface area contributed by atoms with Crippen molar-refractivity contribution >= 4 is 11.7 Å². The third kappa shape index (κ3) is 2.45. The van der Waals surface area contributed by atoms with E-state index in [1.165, 1.54) is 20.0 Å². The third-order valence-corrected chi connectivity index (χ3v) is 2.62. The van der Waals surface area contributed by atoms with Gasteiger partial charge >= 0.3 is 5.97 Å². The van der Waals surface area contributed by atoms with E-state index in [-0.39, 0.29) is 5.97 Å². The number of methoxy groups -OCH3 is 1. The summed E-state index contributed by atoms with van der Waals surface area (Å²) < 4.78 is 10.2. The molecule has 0 bridgehead atoms. The highest BCUT2D eigenvalue weighted by Crippen LogP contribution is 2.29. The highest BCUT2D eigenvalue weighted by atomic mass is 16.5. The van der Waals surface area contributed by atoms with Crippen molar-refractivity contribution in [3.05, 3.63) is 23.8 Å². The number of hydrogen-bond acceptors (Lipinski definition) is 4. The van der Waals surface area contributed by atoms with Crippen LogP contribution < -0.4 is 10.5 Å². The van der Waals surface area contributed by atoms with Gasteiger partial charge in [-0.2, -0.15) is 0 Å². The Morgan fingerprint density at radius 3 is 2.88 bits per heavy atom. The molecule has 0 atom stereocenters. The SMILES string of the molecule is COc1cc(C(=O)OCC2CC2)ccc1N. The highest BCUT2D eigenvalue weighted by Gasteiger charge is 2.23. The Balaban J connectivity index is 2.03. The van der Waals surface area contributed by atoms with Crippen LogP contribution in [0, 0.1) is 5.92 Å². The van der Waals surface area contributed by atoms with E-state index in [9.17, 15) is 4.79 Å². The molecule has 0 aromatic heterocycles. The van der Waals surface area contributed by atoms with Crippen LogP contribution in [-0.2, 0) is 4.74 Å². The molecule has 16 heavy (non-hydrogen) atoms. The summed E-state index contributed by atoms with van der Waals surface area (Å²) >= 11 is 0. The first-order valence-corrected chi connectivity index (χ1v) is 5.31. The molecule has 2 rings (SSSR count). The summed E-state index contributed by atoms with van der Waals surface area (Å²) in [5.74, 6) is 0.755. The Bertz CT molecular complexity index is 399. The number of carbonyl (C=O) groups is 1. The van der Waals surface area contributed by atoms with Crippen molar-refractivity contribution in [1.82, 2.24) is 0 Å². The summed E-state index contributed by atoms with van der Waals surface area (Å²) in [4.78, 5) is 11.6. The fourth-order valence-electron chi connectivity index (χ4n) is 1.40. The molecule has 0 amide bonds. The van der Waals surface area contributed by atoms with Gasteiger partial charge < -0.3 is 15.2 Å². The first kappa shape index (κ1) is 10.8. The number of ether oxygens (including phenoxy) is 2. The van der Waals surface area contributed by atoms with Crippen molar-refractivity contribution < 1.29 is 14.3 Å². The zero-order valence-electron chi connectivity index (χ0n) is 9.23. The second-order valence-electron chi connectivity index (χ2n) is 4.00. The van der Waals surface area contributed by atoms with Crippen molar-refractivity contribution in [3.63, 3.8) is 0 Å². The van der Waals surface area contributed by atoms with Gasteiger partial charge in [0, 0.05) is 0 Å². The number of carbonyl (C=O) groups excluding carboxylic acids is 1. The largest absolute Gasteiger partial charge is 0.495 e. The molecule has 1 aromatic rings. The molecular formula is C12H15NO3. The molecule has 0 radical (unpaired) electrons. The molecule has 1 aromatic carbocycles. The minimum atomic E-state index is -0.315. The topological polar surface area (TPSA) is 61.5 Å². The average Bonchev–Trinajstić information content (AvgIpc) is 3.10. The Hall–Kier alpha value is -1.71. The van der Waals surface area contributed by atoms with Crippen molar-refractivity contribution in [3.8, 4) is 5.75 Å². The van der Waals surface area contributed by atoms with E-state index < -0.39 is 0 Å². The summed E-state index contributed by atoms with van der Waals surface area (Å²) in [5.41, 5.74) is 6.65. The molecule has 0 heterocycles. The molecule has 1 saturated carbocycles. The Kier molecular flexibility index (Phi) is 2.99. The lowest BCUT2D eigenvalue weighted by Crippen LogP contribution is -2.08. The Labute approximate surface area is 94.3 Å². The highest BCUT2D eigenvalue weighted by molar-refractivity contribution is 5.90. The standard InChI is InChI=1S/C12H15NO3/c1-15-11-6-9(4-5-10(11)13)12(14)16-7-8-2-3-8/h4-6,8H,2-3,7,13H2,1H3. The predicted molar refractivity (Wildman–Crippen MR) is 60.4 cm³/mol. The molecule has 4 nitrogen and oxygen atoms in total. The molecule has 0 unspecified atom stereocenters.